The van der Waals surface area contributed by atoms with Gasteiger partial charge in [-0.05, 0) is 42.3 Å². The van der Waals surface area contributed by atoms with Crippen LogP contribution in [0.5, 0.6) is 0 Å². The van der Waals surface area contributed by atoms with E-state index in [4.69, 9.17) is 0 Å². The number of aromatic nitrogens is 5. The highest BCUT2D eigenvalue weighted by molar-refractivity contribution is 7.72. The first kappa shape index (κ1) is 22.6. The lowest BCUT2D eigenvalue weighted by Gasteiger charge is -2.16. The molecule has 2 heterocycles. The molecule has 2 aromatic heterocycles. The molecule has 0 fully saturated rings. The van der Waals surface area contributed by atoms with Crippen LogP contribution in [0.2, 0.25) is 0 Å². The highest BCUT2D eigenvalue weighted by Gasteiger charge is 2.19. The van der Waals surface area contributed by atoms with Gasteiger partial charge in [0.25, 0.3) is 6.43 Å². The van der Waals surface area contributed by atoms with Crippen LogP contribution in [-0.2, 0) is 10.7 Å². The molecule has 5 aromatic rings. The fourth-order valence-corrected chi connectivity index (χ4v) is 4.39. The SMILES string of the molecule is Cc1nc(C(F)F)cn1-c1ccc(-c2cccc([SH](=O)=O)c2)cc1-n1nncc1-c1ccccc1. The average molecular weight is 492 g/mol. The molecule has 5 rings (SSSR count). The van der Waals surface area contributed by atoms with Crippen molar-refractivity contribution < 1.29 is 17.2 Å². The fraction of sp³-hybridized carbons (Fsp3) is 0.0800. The maximum Gasteiger partial charge on any atom is 0.281 e. The molecule has 0 amide bonds. The molecule has 0 aliphatic carbocycles. The van der Waals surface area contributed by atoms with E-state index >= 15 is 0 Å². The third-order valence-electron chi connectivity index (χ3n) is 5.60. The van der Waals surface area contributed by atoms with Crippen LogP contribution < -0.4 is 0 Å². The Morgan fingerprint density at radius 3 is 2.31 bits per heavy atom. The lowest BCUT2D eigenvalue weighted by atomic mass is 10.0. The van der Waals surface area contributed by atoms with Gasteiger partial charge in [0.1, 0.15) is 11.5 Å². The topological polar surface area (TPSA) is 82.7 Å². The Morgan fingerprint density at radius 2 is 1.60 bits per heavy atom. The minimum atomic E-state index is -2.74. The highest BCUT2D eigenvalue weighted by Crippen LogP contribution is 2.32. The minimum absolute atomic E-state index is 0.195. The summed E-state index contributed by atoms with van der Waals surface area (Å²) >= 11 is 0. The van der Waals surface area contributed by atoms with E-state index < -0.39 is 17.1 Å². The Labute approximate surface area is 201 Å². The van der Waals surface area contributed by atoms with Crippen molar-refractivity contribution in [2.75, 3.05) is 0 Å². The number of hydrogen-bond donors (Lipinski definition) is 1. The number of halogens is 2. The largest absolute Gasteiger partial charge is 0.301 e. The summed E-state index contributed by atoms with van der Waals surface area (Å²) in [6, 6.07) is 21.5. The Kier molecular flexibility index (Phi) is 5.96. The van der Waals surface area contributed by atoms with E-state index in [1.807, 2.05) is 36.4 Å². The molecular weight excluding hydrogens is 472 g/mol. The van der Waals surface area contributed by atoms with E-state index in [0.717, 1.165) is 11.1 Å². The monoisotopic (exact) mass is 491 g/mol. The third-order valence-corrected chi connectivity index (χ3v) is 6.30. The first-order chi connectivity index (χ1) is 16.9. The summed E-state index contributed by atoms with van der Waals surface area (Å²) < 4.78 is 53.0. The van der Waals surface area contributed by atoms with E-state index in [0.29, 0.717) is 28.5 Å². The summed E-state index contributed by atoms with van der Waals surface area (Å²) in [5, 5.41) is 8.38. The van der Waals surface area contributed by atoms with Gasteiger partial charge in [0.2, 0.25) is 0 Å². The molecule has 0 spiro atoms. The van der Waals surface area contributed by atoms with Crippen molar-refractivity contribution in [3.8, 4) is 33.8 Å². The number of thiol groups is 1. The molecule has 10 heteroatoms. The van der Waals surface area contributed by atoms with E-state index in [1.165, 1.54) is 12.3 Å². The Bertz CT molecular complexity index is 1580. The lowest BCUT2D eigenvalue weighted by molar-refractivity contribution is 0.146. The number of benzene rings is 3. The zero-order chi connectivity index (χ0) is 24.5. The van der Waals surface area contributed by atoms with Gasteiger partial charge in [-0.2, -0.15) is 0 Å². The van der Waals surface area contributed by atoms with Gasteiger partial charge < -0.3 is 4.57 Å². The number of alkyl halides is 2. The van der Waals surface area contributed by atoms with Gasteiger partial charge in [-0.25, -0.2) is 26.9 Å². The Balaban J connectivity index is 1.74. The van der Waals surface area contributed by atoms with Crippen molar-refractivity contribution in [2.24, 2.45) is 0 Å². The van der Waals surface area contributed by atoms with Crippen LogP contribution in [0.15, 0.2) is 90.1 Å². The zero-order valence-corrected chi connectivity index (χ0v) is 19.3. The molecule has 35 heavy (non-hydrogen) atoms. The van der Waals surface area contributed by atoms with Gasteiger partial charge in [0.15, 0.2) is 10.7 Å². The molecule has 0 atom stereocenters. The second-order valence-corrected chi connectivity index (χ2v) is 8.82. The fourth-order valence-electron chi connectivity index (χ4n) is 3.94. The van der Waals surface area contributed by atoms with Crippen molar-refractivity contribution in [1.29, 1.82) is 0 Å². The molecular formula is C25H19F2N5O2S. The first-order valence-corrected chi connectivity index (χ1v) is 11.8. The van der Waals surface area contributed by atoms with Crippen molar-refractivity contribution in [2.45, 2.75) is 18.2 Å². The molecule has 176 valence electrons. The van der Waals surface area contributed by atoms with Gasteiger partial charge in [-0.3, -0.25) is 0 Å². The predicted molar refractivity (Wildman–Crippen MR) is 128 cm³/mol. The summed E-state index contributed by atoms with van der Waals surface area (Å²) in [5.41, 5.74) is 3.79. The van der Waals surface area contributed by atoms with Gasteiger partial charge in [0, 0.05) is 11.8 Å². The van der Waals surface area contributed by atoms with Crippen LogP contribution >= 0.6 is 0 Å². The number of imidazole rings is 1. The smallest absolute Gasteiger partial charge is 0.281 e. The van der Waals surface area contributed by atoms with E-state index in [1.54, 1.807) is 52.7 Å². The van der Waals surface area contributed by atoms with E-state index in [9.17, 15) is 17.2 Å². The molecule has 0 bridgehead atoms. The van der Waals surface area contributed by atoms with Gasteiger partial charge in [-0.1, -0.05) is 53.7 Å². The summed E-state index contributed by atoms with van der Waals surface area (Å²) in [7, 11) is -2.74. The normalized spacial score (nSPS) is 11.5. The minimum Gasteiger partial charge on any atom is -0.301 e. The van der Waals surface area contributed by atoms with Gasteiger partial charge in [0.05, 0.1) is 28.2 Å². The number of hydrogen-bond acceptors (Lipinski definition) is 5. The van der Waals surface area contributed by atoms with Crippen molar-refractivity contribution in [3.63, 3.8) is 0 Å². The lowest BCUT2D eigenvalue weighted by Crippen LogP contribution is -2.07. The zero-order valence-electron chi connectivity index (χ0n) is 18.4. The third kappa shape index (κ3) is 4.35. The number of aryl methyl sites for hydroxylation is 1. The standard InChI is InChI=1S/C25H19F2N5O2S/c1-16-29-21(25(26)27)15-31(16)22-11-10-19(18-8-5-9-20(12-18)35(33)34)13-23(22)32-24(14-28-30-32)17-6-3-2-4-7-17/h2-15,25,35H,1H3. The quantitative estimate of drug-likeness (QED) is 0.338. The van der Waals surface area contributed by atoms with Crippen LogP contribution in [-0.4, -0.2) is 33.0 Å². The maximum atomic E-state index is 13.4. The number of rotatable bonds is 6. The average Bonchev–Trinajstić information content (AvgIpc) is 3.51. The maximum absolute atomic E-state index is 13.4. The highest BCUT2D eigenvalue weighted by atomic mass is 32.2. The molecule has 0 saturated carbocycles. The molecule has 0 aliphatic heterocycles. The van der Waals surface area contributed by atoms with Crippen LogP contribution in [0.1, 0.15) is 17.9 Å². The van der Waals surface area contributed by atoms with Crippen LogP contribution in [0.4, 0.5) is 8.78 Å². The second kappa shape index (κ2) is 9.22. The predicted octanol–water partition coefficient (Wildman–Crippen LogP) is 5.00. The molecule has 0 aliphatic rings. The van der Waals surface area contributed by atoms with Crippen molar-refractivity contribution in [3.05, 3.63) is 96.7 Å². The van der Waals surface area contributed by atoms with E-state index in [2.05, 4.69) is 15.3 Å². The first-order valence-electron chi connectivity index (χ1n) is 10.6. The van der Waals surface area contributed by atoms with Crippen LogP contribution in [0, 0.1) is 6.92 Å². The van der Waals surface area contributed by atoms with E-state index in [-0.39, 0.29) is 10.6 Å². The van der Waals surface area contributed by atoms with Crippen molar-refractivity contribution in [1.82, 2.24) is 24.5 Å². The molecule has 7 nitrogen and oxygen atoms in total. The molecule has 3 aromatic carbocycles. The summed E-state index contributed by atoms with van der Waals surface area (Å²) in [4.78, 5) is 4.20. The molecule has 0 saturated heterocycles. The Hall–Kier alpha value is -4.18. The summed E-state index contributed by atoms with van der Waals surface area (Å²) in [6.45, 7) is 1.65. The van der Waals surface area contributed by atoms with Crippen LogP contribution in [0.3, 0.4) is 0 Å². The second-order valence-electron chi connectivity index (χ2n) is 7.79. The number of nitrogens with zero attached hydrogens (tertiary/aromatic N) is 5. The van der Waals surface area contributed by atoms with Crippen molar-refractivity contribution >= 4 is 10.7 Å². The molecule has 0 unspecified atom stereocenters. The van der Waals surface area contributed by atoms with Gasteiger partial charge in [-0.15, -0.1) is 5.10 Å². The van der Waals surface area contributed by atoms with Crippen LogP contribution in [0.25, 0.3) is 33.8 Å². The molecule has 0 N–H and O–H groups in total. The summed E-state index contributed by atoms with van der Waals surface area (Å²) in [6.07, 6.45) is 0.223. The Morgan fingerprint density at radius 1 is 0.857 bits per heavy atom. The molecule has 0 radical (unpaired) electrons. The van der Waals surface area contributed by atoms with Gasteiger partial charge >= 0.3 is 0 Å². The summed E-state index contributed by atoms with van der Waals surface area (Å²) in [5.74, 6) is 0.390.